The van der Waals surface area contributed by atoms with Gasteiger partial charge in [0.25, 0.3) is 0 Å². The second kappa shape index (κ2) is 4.06. The monoisotopic (exact) mass is 170 g/mol. The lowest BCUT2D eigenvalue weighted by Crippen LogP contribution is -2.30. The fourth-order valence-electron chi connectivity index (χ4n) is 1.94. The molecule has 0 saturated heterocycles. The van der Waals surface area contributed by atoms with Crippen molar-refractivity contribution < 1.29 is 10.2 Å². The lowest BCUT2D eigenvalue weighted by Gasteiger charge is -2.32. The zero-order valence-electron chi connectivity index (χ0n) is 7.66. The lowest BCUT2D eigenvalue weighted by atomic mass is 9.77. The molecule has 1 saturated carbocycles. The van der Waals surface area contributed by atoms with Gasteiger partial charge in [-0.05, 0) is 30.8 Å². The summed E-state index contributed by atoms with van der Waals surface area (Å²) in [6, 6.07) is 0. The van der Waals surface area contributed by atoms with Crippen LogP contribution in [0, 0.1) is 11.8 Å². The van der Waals surface area contributed by atoms with E-state index < -0.39 is 0 Å². The van der Waals surface area contributed by atoms with Gasteiger partial charge < -0.3 is 10.2 Å². The minimum atomic E-state index is -0.284. The summed E-state index contributed by atoms with van der Waals surface area (Å²) in [4.78, 5) is 0. The molecular formula is C10H18O2. The van der Waals surface area contributed by atoms with Gasteiger partial charge in [0.2, 0.25) is 0 Å². The highest BCUT2D eigenvalue weighted by atomic mass is 16.3. The van der Waals surface area contributed by atoms with E-state index in [4.69, 9.17) is 5.11 Å². The topological polar surface area (TPSA) is 40.5 Å². The van der Waals surface area contributed by atoms with E-state index in [0.29, 0.717) is 5.92 Å². The van der Waals surface area contributed by atoms with Crippen LogP contribution < -0.4 is 0 Å². The summed E-state index contributed by atoms with van der Waals surface area (Å²) in [6.07, 6.45) is 2.68. The van der Waals surface area contributed by atoms with E-state index in [2.05, 4.69) is 13.5 Å². The Morgan fingerprint density at radius 2 is 2.17 bits per heavy atom. The molecule has 0 aromatic carbocycles. The maximum Gasteiger partial charge on any atom is 0.0642 e. The summed E-state index contributed by atoms with van der Waals surface area (Å²) in [5, 5.41) is 18.5. The maximum atomic E-state index is 9.67. The van der Waals surface area contributed by atoms with Gasteiger partial charge in [-0.25, -0.2) is 0 Å². The molecule has 0 radical (unpaired) electrons. The van der Waals surface area contributed by atoms with Gasteiger partial charge in [-0.2, -0.15) is 0 Å². The van der Waals surface area contributed by atoms with Crippen molar-refractivity contribution in [3.8, 4) is 0 Å². The Bertz CT molecular complexity index is 165. The molecule has 3 atom stereocenters. The Morgan fingerprint density at radius 3 is 2.67 bits per heavy atom. The summed E-state index contributed by atoms with van der Waals surface area (Å²) >= 11 is 0. The molecule has 1 aliphatic carbocycles. The average molecular weight is 170 g/mol. The molecule has 70 valence electrons. The quantitative estimate of drug-likeness (QED) is 0.614. The first kappa shape index (κ1) is 9.75. The van der Waals surface area contributed by atoms with Crippen molar-refractivity contribution in [3.63, 3.8) is 0 Å². The van der Waals surface area contributed by atoms with E-state index in [-0.39, 0.29) is 18.6 Å². The average Bonchev–Trinajstić information content (AvgIpc) is 2.03. The van der Waals surface area contributed by atoms with Gasteiger partial charge in [-0.3, -0.25) is 0 Å². The molecule has 0 aromatic rings. The van der Waals surface area contributed by atoms with Crippen molar-refractivity contribution in [2.45, 2.75) is 32.3 Å². The molecule has 1 aliphatic rings. The van der Waals surface area contributed by atoms with Crippen LogP contribution in [0.2, 0.25) is 0 Å². The van der Waals surface area contributed by atoms with E-state index in [0.717, 1.165) is 24.8 Å². The van der Waals surface area contributed by atoms with Crippen LogP contribution in [0.1, 0.15) is 26.2 Å². The molecular weight excluding hydrogens is 152 g/mol. The number of rotatable bonds is 2. The number of aliphatic hydroxyl groups is 2. The number of hydrogen-bond acceptors (Lipinski definition) is 2. The third-order valence-electron chi connectivity index (χ3n) is 2.81. The second-order valence-corrected chi connectivity index (χ2v) is 3.91. The van der Waals surface area contributed by atoms with Crippen LogP contribution in [-0.4, -0.2) is 22.9 Å². The van der Waals surface area contributed by atoms with Crippen molar-refractivity contribution in [2.75, 3.05) is 6.61 Å². The number of hydrogen-bond donors (Lipinski definition) is 2. The molecule has 0 aliphatic heterocycles. The van der Waals surface area contributed by atoms with Crippen molar-refractivity contribution >= 4 is 0 Å². The first-order chi connectivity index (χ1) is 5.65. The molecule has 3 unspecified atom stereocenters. The molecule has 2 heteroatoms. The normalized spacial score (nSPS) is 36.4. The highest BCUT2D eigenvalue weighted by Crippen LogP contribution is 2.32. The summed E-state index contributed by atoms with van der Waals surface area (Å²) < 4.78 is 0. The third-order valence-corrected chi connectivity index (χ3v) is 2.81. The van der Waals surface area contributed by atoms with Crippen LogP contribution in [0.5, 0.6) is 0 Å². The van der Waals surface area contributed by atoms with Gasteiger partial charge in [0.05, 0.1) is 12.7 Å². The van der Waals surface area contributed by atoms with E-state index in [1.165, 1.54) is 0 Å². The van der Waals surface area contributed by atoms with E-state index in [9.17, 15) is 5.11 Å². The Morgan fingerprint density at radius 1 is 1.50 bits per heavy atom. The fraction of sp³-hybridized carbons (Fsp3) is 0.800. The lowest BCUT2D eigenvalue weighted by molar-refractivity contribution is 0.0605. The van der Waals surface area contributed by atoms with Crippen LogP contribution in [0.3, 0.4) is 0 Å². The van der Waals surface area contributed by atoms with Gasteiger partial charge in [-0.1, -0.05) is 13.5 Å². The van der Waals surface area contributed by atoms with Crippen LogP contribution in [0.15, 0.2) is 12.2 Å². The van der Waals surface area contributed by atoms with Crippen LogP contribution in [0.4, 0.5) is 0 Å². The Balaban J connectivity index is 2.50. The first-order valence-electron chi connectivity index (χ1n) is 4.61. The number of aliphatic hydroxyl groups excluding tert-OH is 2. The highest BCUT2D eigenvalue weighted by molar-refractivity contribution is 5.05. The molecule has 0 spiro atoms. The highest BCUT2D eigenvalue weighted by Gasteiger charge is 2.28. The molecule has 0 aromatic heterocycles. The van der Waals surface area contributed by atoms with Crippen LogP contribution >= 0.6 is 0 Å². The molecule has 1 rings (SSSR count). The molecule has 0 amide bonds. The van der Waals surface area contributed by atoms with Crippen molar-refractivity contribution in [2.24, 2.45) is 11.8 Å². The van der Waals surface area contributed by atoms with Gasteiger partial charge in [0, 0.05) is 5.92 Å². The second-order valence-electron chi connectivity index (χ2n) is 3.91. The van der Waals surface area contributed by atoms with Gasteiger partial charge in [-0.15, -0.1) is 0 Å². The molecule has 2 nitrogen and oxygen atoms in total. The molecule has 0 heterocycles. The van der Waals surface area contributed by atoms with E-state index in [1.807, 2.05) is 0 Å². The van der Waals surface area contributed by atoms with Crippen molar-refractivity contribution in [3.05, 3.63) is 12.2 Å². The van der Waals surface area contributed by atoms with Crippen LogP contribution in [0.25, 0.3) is 0 Å². The van der Waals surface area contributed by atoms with E-state index >= 15 is 0 Å². The minimum Gasteiger partial charge on any atom is -0.392 e. The Hall–Kier alpha value is -0.340. The largest absolute Gasteiger partial charge is 0.392 e. The van der Waals surface area contributed by atoms with Gasteiger partial charge in [0.15, 0.2) is 0 Å². The molecule has 0 bridgehead atoms. The maximum absolute atomic E-state index is 9.67. The zero-order valence-corrected chi connectivity index (χ0v) is 7.66. The van der Waals surface area contributed by atoms with Crippen LogP contribution in [-0.2, 0) is 0 Å². The first-order valence-corrected chi connectivity index (χ1v) is 4.61. The van der Waals surface area contributed by atoms with Gasteiger partial charge in [0.1, 0.15) is 0 Å². The Labute approximate surface area is 73.9 Å². The Kier molecular flexibility index (Phi) is 3.29. The van der Waals surface area contributed by atoms with Gasteiger partial charge >= 0.3 is 0 Å². The summed E-state index contributed by atoms with van der Waals surface area (Å²) in [7, 11) is 0. The predicted octanol–water partition coefficient (Wildman–Crippen LogP) is 1.33. The molecule has 12 heavy (non-hydrogen) atoms. The predicted molar refractivity (Wildman–Crippen MR) is 48.7 cm³/mol. The summed E-state index contributed by atoms with van der Waals surface area (Å²) in [6.45, 7) is 5.93. The summed E-state index contributed by atoms with van der Waals surface area (Å²) in [5.74, 6) is 0.744. The minimum absolute atomic E-state index is 0.0100. The van der Waals surface area contributed by atoms with Crippen molar-refractivity contribution in [1.82, 2.24) is 0 Å². The molecule has 1 fully saturated rings. The fourth-order valence-corrected chi connectivity index (χ4v) is 1.94. The van der Waals surface area contributed by atoms with Crippen molar-refractivity contribution in [1.29, 1.82) is 0 Å². The standard InChI is InChI=1S/C10H18O2/c1-7-3-4-9(8(2)6-11)10(12)5-7/h7,9-12H,2-6H2,1H3. The smallest absolute Gasteiger partial charge is 0.0642 e. The summed E-state index contributed by atoms with van der Waals surface area (Å²) in [5.41, 5.74) is 0.786. The van der Waals surface area contributed by atoms with E-state index in [1.54, 1.807) is 0 Å². The zero-order chi connectivity index (χ0) is 9.14. The SMILES string of the molecule is C=C(CO)C1CCC(C)CC1O. The third kappa shape index (κ3) is 2.08. The molecule has 2 N–H and O–H groups in total.